The molecule has 2 aliphatic rings. The highest BCUT2D eigenvalue weighted by atomic mass is 32.2. The van der Waals surface area contributed by atoms with Gasteiger partial charge in [0.1, 0.15) is 10.7 Å². The number of fused-ring (bicyclic) bond motifs is 2. The van der Waals surface area contributed by atoms with E-state index in [2.05, 4.69) is 14.9 Å². The molecule has 0 saturated heterocycles. The van der Waals surface area contributed by atoms with Crippen LogP contribution in [-0.2, 0) is 10.0 Å². The number of anilines is 1. The second-order valence-electron chi connectivity index (χ2n) is 5.90. The molecule has 6 nitrogen and oxygen atoms in total. The molecule has 4 unspecified atom stereocenters. The van der Waals surface area contributed by atoms with E-state index in [4.69, 9.17) is 5.73 Å². The highest BCUT2D eigenvalue weighted by molar-refractivity contribution is 7.89. The van der Waals surface area contributed by atoms with E-state index in [0.29, 0.717) is 11.8 Å². The first kappa shape index (κ1) is 12.9. The predicted octanol–water partition coefficient (Wildman–Crippen LogP) is 1.09. The fraction of sp³-hybridized carbons (Fsp3) is 0.750. The first-order valence-corrected chi connectivity index (χ1v) is 8.27. The minimum Gasteiger partial charge on any atom is -0.383 e. The molecule has 0 radical (unpaired) electrons. The summed E-state index contributed by atoms with van der Waals surface area (Å²) >= 11 is 0. The Kier molecular flexibility index (Phi) is 3.05. The van der Waals surface area contributed by atoms with Crippen molar-refractivity contribution in [3.05, 3.63) is 6.20 Å². The number of sulfonamides is 1. The number of nitrogen functional groups attached to an aromatic ring is 1. The molecule has 2 aliphatic carbocycles. The molecule has 4 atom stereocenters. The van der Waals surface area contributed by atoms with Gasteiger partial charge in [0, 0.05) is 6.04 Å². The lowest BCUT2D eigenvalue weighted by molar-refractivity contribution is 0.280. The molecule has 19 heavy (non-hydrogen) atoms. The molecule has 1 aromatic heterocycles. The molecule has 2 bridgehead atoms. The predicted molar refractivity (Wildman–Crippen MR) is 71.7 cm³/mol. The topological polar surface area (TPSA) is 101 Å². The molecule has 0 aromatic carbocycles. The fourth-order valence-corrected chi connectivity index (χ4v) is 5.12. The van der Waals surface area contributed by atoms with Gasteiger partial charge >= 0.3 is 0 Å². The zero-order valence-electron chi connectivity index (χ0n) is 11.0. The Morgan fingerprint density at radius 1 is 1.47 bits per heavy atom. The maximum Gasteiger partial charge on any atom is 0.246 e. The highest BCUT2D eigenvalue weighted by Gasteiger charge is 2.42. The molecule has 106 valence electrons. The molecule has 1 aromatic rings. The quantitative estimate of drug-likeness (QED) is 0.770. The summed E-state index contributed by atoms with van der Waals surface area (Å²) in [5.41, 5.74) is 5.58. The average molecular weight is 284 g/mol. The number of hydrogen-bond donors (Lipinski definition) is 3. The summed E-state index contributed by atoms with van der Waals surface area (Å²) in [6, 6.07) is -0.0467. The molecule has 2 fully saturated rings. The summed E-state index contributed by atoms with van der Waals surface area (Å²) in [6.45, 7) is 1.96. The third kappa shape index (κ3) is 2.25. The van der Waals surface area contributed by atoms with E-state index in [1.807, 2.05) is 6.92 Å². The van der Waals surface area contributed by atoms with Crippen LogP contribution in [0.15, 0.2) is 11.1 Å². The molecular formula is C12H20N4O2S. The van der Waals surface area contributed by atoms with E-state index >= 15 is 0 Å². The molecule has 1 heterocycles. The maximum atomic E-state index is 12.2. The Hall–Kier alpha value is -1.08. The largest absolute Gasteiger partial charge is 0.383 e. The molecule has 3 rings (SSSR count). The van der Waals surface area contributed by atoms with Crippen LogP contribution in [0.5, 0.6) is 0 Å². The minimum atomic E-state index is -3.57. The molecular weight excluding hydrogens is 264 g/mol. The van der Waals surface area contributed by atoms with E-state index in [0.717, 1.165) is 12.3 Å². The lowest BCUT2D eigenvalue weighted by Crippen LogP contribution is -2.40. The van der Waals surface area contributed by atoms with Gasteiger partial charge in [-0.1, -0.05) is 6.42 Å². The van der Waals surface area contributed by atoms with Crippen LogP contribution in [-0.4, -0.2) is 24.7 Å². The standard InChI is InChI=1S/C12H20N4O2S/c1-7(10-5-8-2-3-9(10)4-8)16-19(17,18)11-6-14-15-12(11)13/h6-10,16H,2-5H2,1H3,(H3,13,14,15). The van der Waals surface area contributed by atoms with Crippen LogP contribution in [0.4, 0.5) is 5.82 Å². The number of aromatic nitrogens is 2. The maximum absolute atomic E-state index is 12.2. The number of rotatable bonds is 4. The van der Waals surface area contributed by atoms with Crippen molar-refractivity contribution in [2.45, 2.75) is 43.5 Å². The lowest BCUT2D eigenvalue weighted by atomic mass is 9.84. The van der Waals surface area contributed by atoms with E-state index in [9.17, 15) is 8.42 Å². The van der Waals surface area contributed by atoms with Crippen LogP contribution < -0.4 is 10.5 Å². The van der Waals surface area contributed by atoms with Crippen molar-refractivity contribution < 1.29 is 8.42 Å². The van der Waals surface area contributed by atoms with Crippen molar-refractivity contribution in [3.63, 3.8) is 0 Å². The third-order valence-electron chi connectivity index (χ3n) is 4.70. The molecule has 0 spiro atoms. The Morgan fingerprint density at radius 2 is 2.26 bits per heavy atom. The number of aromatic amines is 1. The molecule has 7 heteroatoms. The van der Waals surface area contributed by atoms with Crippen molar-refractivity contribution >= 4 is 15.8 Å². The van der Waals surface area contributed by atoms with Gasteiger partial charge in [-0.2, -0.15) is 5.10 Å². The summed E-state index contributed by atoms with van der Waals surface area (Å²) < 4.78 is 27.2. The molecule has 0 amide bonds. The van der Waals surface area contributed by atoms with Gasteiger partial charge < -0.3 is 5.73 Å². The van der Waals surface area contributed by atoms with Crippen LogP contribution in [0, 0.1) is 17.8 Å². The fourth-order valence-electron chi connectivity index (χ4n) is 3.80. The zero-order valence-corrected chi connectivity index (χ0v) is 11.8. The van der Waals surface area contributed by atoms with E-state index in [1.54, 1.807) is 0 Å². The van der Waals surface area contributed by atoms with Crippen molar-refractivity contribution in [2.75, 3.05) is 5.73 Å². The van der Waals surface area contributed by atoms with Crippen LogP contribution in [0.1, 0.15) is 32.6 Å². The van der Waals surface area contributed by atoms with E-state index in [-0.39, 0.29) is 16.8 Å². The van der Waals surface area contributed by atoms with Crippen molar-refractivity contribution in [1.82, 2.24) is 14.9 Å². The van der Waals surface area contributed by atoms with Gasteiger partial charge in [-0.25, -0.2) is 13.1 Å². The number of nitrogens with zero attached hydrogens (tertiary/aromatic N) is 1. The Balaban J connectivity index is 1.73. The summed E-state index contributed by atoms with van der Waals surface area (Å²) in [5, 5.41) is 6.11. The van der Waals surface area contributed by atoms with Crippen LogP contribution >= 0.6 is 0 Å². The SMILES string of the molecule is CC(NS(=O)(=O)c1cn[nH]c1N)C1CC2CCC1C2. The van der Waals surface area contributed by atoms with Crippen LogP contribution in [0.2, 0.25) is 0 Å². The highest BCUT2D eigenvalue weighted by Crippen LogP contribution is 2.49. The summed E-state index contributed by atoms with van der Waals surface area (Å²) in [5.74, 6) is 2.04. The van der Waals surface area contributed by atoms with Crippen molar-refractivity contribution in [3.8, 4) is 0 Å². The van der Waals surface area contributed by atoms with Crippen molar-refractivity contribution in [1.29, 1.82) is 0 Å². The van der Waals surface area contributed by atoms with Gasteiger partial charge in [0.15, 0.2) is 0 Å². The first-order chi connectivity index (χ1) is 8.97. The minimum absolute atomic E-state index is 0.0440. The normalized spacial score (nSPS) is 31.7. The second kappa shape index (κ2) is 4.49. The Labute approximate surface area is 113 Å². The van der Waals surface area contributed by atoms with Gasteiger partial charge in [0.2, 0.25) is 10.0 Å². The summed E-state index contributed by atoms with van der Waals surface area (Å²) in [7, 11) is -3.57. The zero-order chi connectivity index (χ0) is 13.6. The molecule has 2 saturated carbocycles. The monoisotopic (exact) mass is 284 g/mol. The molecule has 4 N–H and O–H groups in total. The Bertz CT molecular complexity index is 568. The van der Waals surface area contributed by atoms with E-state index in [1.165, 1.54) is 25.5 Å². The van der Waals surface area contributed by atoms with Gasteiger partial charge in [-0.3, -0.25) is 5.10 Å². The summed E-state index contributed by atoms with van der Waals surface area (Å²) in [6.07, 6.45) is 6.23. The number of hydrogen-bond acceptors (Lipinski definition) is 4. The first-order valence-electron chi connectivity index (χ1n) is 6.78. The smallest absolute Gasteiger partial charge is 0.246 e. The summed E-state index contributed by atoms with van der Waals surface area (Å²) in [4.78, 5) is 0.0440. The third-order valence-corrected chi connectivity index (χ3v) is 6.28. The average Bonchev–Trinajstić information content (AvgIpc) is 3.02. The van der Waals surface area contributed by atoms with E-state index < -0.39 is 10.0 Å². The van der Waals surface area contributed by atoms with Gasteiger partial charge in [-0.15, -0.1) is 0 Å². The molecule has 0 aliphatic heterocycles. The second-order valence-corrected chi connectivity index (χ2v) is 7.58. The number of nitrogens with one attached hydrogen (secondary N) is 2. The van der Waals surface area contributed by atoms with Crippen LogP contribution in [0.3, 0.4) is 0 Å². The number of H-pyrrole nitrogens is 1. The Morgan fingerprint density at radius 3 is 2.79 bits per heavy atom. The lowest BCUT2D eigenvalue weighted by Gasteiger charge is -2.28. The van der Waals surface area contributed by atoms with Crippen molar-refractivity contribution in [2.24, 2.45) is 17.8 Å². The van der Waals surface area contributed by atoms with Gasteiger partial charge in [0.05, 0.1) is 6.20 Å². The number of nitrogens with two attached hydrogens (primary N) is 1. The van der Waals surface area contributed by atoms with Gasteiger partial charge in [-0.05, 0) is 43.9 Å². The van der Waals surface area contributed by atoms with Gasteiger partial charge in [0.25, 0.3) is 0 Å². The van der Waals surface area contributed by atoms with Crippen LogP contribution in [0.25, 0.3) is 0 Å².